The molecule has 1 atom stereocenters. The number of carbonyl (C=O) groups is 2. The minimum Gasteiger partial charge on any atom is -0.345 e. The molecular formula is C21H22N2O2. The number of rotatable bonds is 5. The normalized spacial score (nSPS) is 11.0. The Morgan fingerprint density at radius 1 is 1.04 bits per heavy atom. The molecule has 1 unspecified atom stereocenters. The van der Waals surface area contributed by atoms with Gasteiger partial charge in [-0.15, -0.1) is 0 Å². The van der Waals surface area contributed by atoms with Crippen molar-refractivity contribution in [3.05, 3.63) is 65.7 Å². The topological polar surface area (TPSA) is 58.2 Å². The molecule has 4 nitrogen and oxygen atoms in total. The van der Waals surface area contributed by atoms with E-state index in [0.717, 1.165) is 23.2 Å². The molecule has 128 valence electrons. The van der Waals surface area contributed by atoms with Gasteiger partial charge in [0.2, 0.25) is 11.8 Å². The first-order chi connectivity index (χ1) is 12.1. The van der Waals surface area contributed by atoms with Crippen LogP contribution in [0, 0.1) is 11.8 Å². The van der Waals surface area contributed by atoms with Crippen LogP contribution in [0.5, 0.6) is 0 Å². The molecule has 0 fully saturated rings. The lowest BCUT2D eigenvalue weighted by Gasteiger charge is -2.14. The number of anilines is 1. The van der Waals surface area contributed by atoms with E-state index >= 15 is 0 Å². The summed E-state index contributed by atoms with van der Waals surface area (Å²) in [6, 6.07) is 17.0. The van der Waals surface area contributed by atoms with Gasteiger partial charge in [0.1, 0.15) is 0 Å². The van der Waals surface area contributed by atoms with Gasteiger partial charge in [-0.25, -0.2) is 0 Å². The minimum atomic E-state index is -0.153. The molecular weight excluding hydrogens is 312 g/mol. The molecule has 4 heteroatoms. The fourth-order valence-corrected chi connectivity index (χ4v) is 2.50. The molecule has 0 aliphatic rings. The first-order valence-corrected chi connectivity index (χ1v) is 8.29. The number of nitrogens with one attached hydrogen (secondary N) is 2. The van der Waals surface area contributed by atoms with Crippen LogP contribution < -0.4 is 10.6 Å². The van der Waals surface area contributed by atoms with Gasteiger partial charge < -0.3 is 10.6 Å². The lowest BCUT2D eigenvalue weighted by Crippen LogP contribution is -2.29. The molecule has 0 aliphatic carbocycles. The van der Waals surface area contributed by atoms with Crippen molar-refractivity contribution in [2.24, 2.45) is 0 Å². The number of hydrogen-bond donors (Lipinski definition) is 2. The van der Waals surface area contributed by atoms with Crippen LogP contribution in [0.25, 0.3) is 0 Å². The van der Waals surface area contributed by atoms with Gasteiger partial charge in [0, 0.05) is 18.2 Å². The summed E-state index contributed by atoms with van der Waals surface area (Å²) in [5.74, 6) is 5.68. The molecule has 0 aromatic heterocycles. The molecule has 0 heterocycles. The Labute approximate surface area is 148 Å². The SMILES string of the molecule is CCC(C(=O)NCC#Cc1ccc(NC(C)=O)cc1)c1ccccc1. The Morgan fingerprint density at radius 2 is 1.72 bits per heavy atom. The molecule has 0 aliphatic heterocycles. The fourth-order valence-electron chi connectivity index (χ4n) is 2.50. The van der Waals surface area contributed by atoms with Crippen LogP contribution in [0.4, 0.5) is 5.69 Å². The van der Waals surface area contributed by atoms with E-state index in [1.165, 1.54) is 6.92 Å². The van der Waals surface area contributed by atoms with Gasteiger partial charge in [0.25, 0.3) is 0 Å². The van der Waals surface area contributed by atoms with E-state index in [-0.39, 0.29) is 17.7 Å². The summed E-state index contributed by atoms with van der Waals surface area (Å²) >= 11 is 0. The van der Waals surface area contributed by atoms with Gasteiger partial charge in [0.05, 0.1) is 12.5 Å². The molecule has 2 aromatic rings. The Balaban J connectivity index is 1.89. The Bertz CT molecular complexity index is 771. The van der Waals surface area contributed by atoms with E-state index in [1.54, 1.807) is 12.1 Å². The summed E-state index contributed by atoms with van der Waals surface area (Å²) in [6.45, 7) is 3.77. The van der Waals surface area contributed by atoms with E-state index in [4.69, 9.17) is 0 Å². The lowest BCUT2D eigenvalue weighted by atomic mass is 9.96. The maximum Gasteiger partial charge on any atom is 0.228 e. The zero-order valence-electron chi connectivity index (χ0n) is 14.5. The van der Waals surface area contributed by atoms with Crippen molar-refractivity contribution >= 4 is 17.5 Å². The van der Waals surface area contributed by atoms with Gasteiger partial charge in [-0.3, -0.25) is 9.59 Å². The first-order valence-electron chi connectivity index (χ1n) is 8.29. The van der Waals surface area contributed by atoms with Crippen LogP contribution in [0.3, 0.4) is 0 Å². The second kappa shape index (κ2) is 9.29. The highest BCUT2D eigenvalue weighted by atomic mass is 16.2. The Morgan fingerprint density at radius 3 is 2.32 bits per heavy atom. The number of benzene rings is 2. The van der Waals surface area contributed by atoms with Gasteiger partial charge in [-0.05, 0) is 36.2 Å². The van der Waals surface area contributed by atoms with Crippen molar-refractivity contribution < 1.29 is 9.59 Å². The number of amides is 2. The molecule has 0 bridgehead atoms. The summed E-state index contributed by atoms with van der Waals surface area (Å²) in [6.07, 6.45) is 0.744. The predicted molar refractivity (Wildman–Crippen MR) is 100 cm³/mol. The smallest absolute Gasteiger partial charge is 0.228 e. The third-order valence-electron chi connectivity index (χ3n) is 3.72. The largest absolute Gasteiger partial charge is 0.345 e. The van der Waals surface area contributed by atoms with Gasteiger partial charge >= 0.3 is 0 Å². The Kier molecular flexibility index (Phi) is 6.79. The second-order valence-corrected chi connectivity index (χ2v) is 5.65. The quantitative estimate of drug-likeness (QED) is 0.824. The molecule has 25 heavy (non-hydrogen) atoms. The molecule has 0 saturated carbocycles. The maximum atomic E-state index is 12.3. The standard InChI is InChI=1S/C21H22N2O2/c1-3-20(18-9-5-4-6-10-18)21(25)22-15-7-8-17-11-13-19(14-12-17)23-16(2)24/h4-6,9-14,20H,3,15H2,1-2H3,(H,22,25)(H,23,24). The highest BCUT2D eigenvalue weighted by Gasteiger charge is 2.17. The van der Waals surface area contributed by atoms with Crippen LogP contribution in [0.2, 0.25) is 0 Å². The van der Waals surface area contributed by atoms with E-state index in [9.17, 15) is 9.59 Å². The van der Waals surface area contributed by atoms with Gasteiger partial charge in [0.15, 0.2) is 0 Å². The Hall–Kier alpha value is -3.06. The molecule has 0 radical (unpaired) electrons. The van der Waals surface area contributed by atoms with Gasteiger partial charge in [-0.1, -0.05) is 49.1 Å². The van der Waals surface area contributed by atoms with Crippen molar-refractivity contribution in [1.82, 2.24) is 5.32 Å². The van der Waals surface area contributed by atoms with E-state index in [2.05, 4.69) is 22.5 Å². The third-order valence-corrected chi connectivity index (χ3v) is 3.72. The molecule has 2 aromatic carbocycles. The maximum absolute atomic E-state index is 12.3. The lowest BCUT2D eigenvalue weighted by molar-refractivity contribution is -0.122. The van der Waals surface area contributed by atoms with E-state index in [1.807, 2.05) is 49.4 Å². The van der Waals surface area contributed by atoms with E-state index in [0.29, 0.717) is 6.54 Å². The van der Waals surface area contributed by atoms with Crippen molar-refractivity contribution in [1.29, 1.82) is 0 Å². The van der Waals surface area contributed by atoms with Crippen molar-refractivity contribution in [2.75, 3.05) is 11.9 Å². The minimum absolute atomic E-state index is 0.0102. The van der Waals surface area contributed by atoms with Crippen molar-refractivity contribution in [3.8, 4) is 11.8 Å². The van der Waals surface area contributed by atoms with Crippen LogP contribution in [-0.4, -0.2) is 18.4 Å². The summed E-state index contributed by atoms with van der Waals surface area (Å²) in [4.78, 5) is 23.3. The molecule has 2 N–H and O–H groups in total. The van der Waals surface area contributed by atoms with Crippen LogP contribution in [0.15, 0.2) is 54.6 Å². The summed E-state index contributed by atoms with van der Waals surface area (Å²) in [7, 11) is 0. The van der Waals surface area contributed by atoms with E-state index < -0.39 is 0 Å². The van der Waals surface area contributed by atoms with Crippen molar-refractivity contribution in [3.63, 3.8) is 0 Å². The zero-order chi connectivity index (χ0) is 18.1. The summed E-state index contributed by atoms with van der Waals surface area (Å²) in [5.41, 5.74) is 2.59. The zero-order valence-corrected chi connectivity index (χ0v) is 14.5. The van der Waals surface area contributed by atoms with Gasteiger partial charge in [-0.2, -0.15) is 0 Å². The number of carbonyl (C=O) groups excluding carboxylic acids is 2. The fraction of sp³-hybridized carbons (Fsp3) is 0.238. The highest BCUT2D eigenvalue weighted by Crippen LogP contribution is 2.18. The summed E-state index contributed by atoms with van der Waals surface area (Å²) in [5, 5.41) is 5.57. The monoisotopic (exact) mass is 334 g/mol. The molecule has 2 rings (SSSR count). The molecule has 2 amide bonds. The summed E-state index contributed by atoms with van der Waals surface area (Å²) < 4.78 is 0. The third kappa shape index (κ3) is 5.82. The van der Waals surface area contributed by atoms with Crippen LogP contribution >= 0.6 is 0 Å². The second-order valence-electron chi connectivity index (χ2n) is 5.65. The predicted octanol–water partition coefficient (Wildman–Crippen LogP) is 3.31. The average molecular weight is 334 g/mol. The van der Waals surface area contributed by atoms with Crippen molar-refractivity contribution in [2.45, 2.75) is 26.2 Å². The molecule has 0 spiro atoms. The first kappa shape index (κ1) is 18.3. The average Bonchev–Trinajstić information content (AvgIpc) is 2.61. The number of hydrogen-bond acceptors (Lipinski definition) is 2. The molecule has 0 saturated heterocycles. The van der Waals surface area contributed by atoms with Crippen LogP contribution in [0.1, 0.15) is 37.3 Å². The van der Waals surface area contributed by atoms with Crippen LogP contribution in [-0.2, 0) is 9.59 Å². The highest BCUT2D eigenvalue weighted by molar-refractivity contribution is 5.88.